The number of para-hydroxylation sites is 1. The van der Waals surface area contributed by atoms with Crippen LogP contribution in [0.1, 0.15) is 27.5 Å². The van der Waals surface area contributed by atoms with Crippen molar-refractivity contribution in [2.75, 3.05) is 5.32 Å². The average Bonchev–Trinajstić information content (AvgIpc) is 3.11. The quantitative estimate of drug-likeness (QED) is 0.511. The van der Waals surface area contributed by atoms with Gasteiger partial charge in [0.25, 0.3) is 0 Å². The monoisotopic (exact) mass is 344 g/mol. The molecule has 1 unspecified atom stereocenters. The minimum atomic E-state index is -0.945. The number of carboxylic acid groups (broad SMARTS) is 1. The number of anilines is 1. The molecule has 26 heavy (non-hydrogen) atoms. The Morgan fingerprint density at radius 2 is 1.73 bits per heavy atom. The number of rotatable bonds is 5. The molecule has 6 nitrogen and oxygen atoms in total. The lowest BCUT2D eigenvalue weighted by atomic mass is 9.97. The number of carboxylic acids is 1. The Morgan fingerprint density at radius 1 is 1.00 bits per heavy atom. The van der Waals surface area contributed by atoms with Crippen molar-refractivity contribution < 1.29 is 9.90 Å². The van der Waals surface area contributed by atoms with E-state index >= 15 is 0 Å². The van der Waals surface area contributed by atoms with E-state index < -0.39 is 5.97 Å². The molecule has 6 heteroatoms. The van der Waals surface area contributed by atoms with E-state index in [4.69, 9.17) is 5.11 Å². The predicted molar refractivity (Wildman–Crippen MR) is 99.2 cm³/mol. The highest BCUT2D eigenvalue weighted by Gasteiger charge is 2.19. The van der Waals surface area contributed by atoms with Crippen LogP contribution < -0.4 is 5.32 Å². The maximum atomic E-state index is 11.1. The third kappa shape index (κ3) is 3.00. The first-order valence-corrected chi connectivity index (χ1v) is 8.15. The normalized spacial score (nSPS) is 12.0. The Hall–Kier alpha value is -3.67. The molecule has 4 aromatic rings. The van der Waals surface area contributed by atoms with E-state index in [0.29, 0.717) is 5.95 Å². The molecule has 128 valence electrons. The number of carbonyl (C=O) groups is 1. The summed E-state index contributed by atoms with van der Waals surface area (Å²) >= 11 is 0. The lowest BCUT2D eigenvalue weighted by Crippen LogP contribution is -2.14. The van der Waals surface area contributed by atoms with Gasteiger partial charge < -0.3 is 15.4 Å². The van der Waals surface area contributed by atoms with Crippen molar-refractivity contribution in [2.24, 2.45) is 0 Å². The van der Waals surface area contributed by atoms with Crippen LogP contribution in [0.3, 0.4) is 0 Å². The second-order valence-electron chi connectivity index (χ2n) is 5.87. The topological polar surface area (TPSA) is 90.9 Å². The highest BCUT2D eigenvalue weighted by Crippen LogP contribution is 2.31. The molecule has 0 amide bonds. The molecule has 4 rings (SSSR count). The molecule has 0 aliphatic heterocycles. The van der Waals surface area contributed by atoms with Crippen LogP contribution in [0.2, 0.25) is 0 Å². The van der Waals surface area contributed by atoms with Crippen LogP contribution in [0.5, 0.6) is 0 Å². The minimum absolute atomic E-state index is 0.226. The second kappa shape index (κ2) is 6.68. The molecule has 0 aliphatic rings. The standard InChI is InChI=1S/C20H16N4O2/c25-19(26)14-8-6-13(7-9-14)18(24-20-21-10-3-11-22-20)16-12-23-17-5-2-1-4-15(16)17/h1-12,18,23H,(H,25,26)(H,21,22,24). The summed E-state index contributed by atoms with van der Waals surface area (Å²) in [7, 11) is 0. The van der Waals surface area contributed by atoms with E-state index in [1.54, 1.807) is 30.6 Å². The summed E-state index contributed by atoms with van der Waals surface area (Å²) in [6, 6.07) is 16.4. The van der Waals surface area contributed by atoms with Gasteiger partial charge >= 0.3 is 5.97 Å². The average molecular weight is 344 g/mol. The number of nitrogens with one attached hydrogen (secondary N) is 2. The summed E-state index contributed by atoms with van der Waals surface area (Å²) in [5.41, 5.74) is 3.25. The molecule has 0 bridgehead atoms. The van der Waals surface area contributed by atoms with Crippen LogP contribution >= 0.6 is 0 Å². The van der Waals surface area contributed by atoms with Gasteiger partial charge in [0, 0.05) is 35.1 Å². The smallest absolute Gasteiger partial charge is 0.335 e. The Balaban J connectivity index is 1.80. The Morgan fingerprint density at radius 3 is 2.46 bits per heavy atom. The van der Waals surface area contributed by atoms with Crippen molar-refractivity contribution in [3.63, 3.8) is 0 Å². The van der Waals surface area contributed by atoms with Crippen molar-refractivity contribution in [2.45, 2.75) is 6.04 Å². The van der Waals surface area contributed by atoms with E-state index in [9.17, 15) is 4.79 Å². The minimum Gasteiger partial charge on any atom is -0.478 e. The first-order valence-electron chi connectivity index (χ1n) is 8.15. The summed E-state index contributed by atoms with van der Waals surface area (Å²) in [5.74, 6) is -0.440. The zero-order valence-corrected chi connectivity index (χ0v) is 13.8. The molecule has 0 saturated heterocycles. The fourth-order valence-electron chi connectivity index (χ4n) is 2.99. The van der Waals surface area contributed by atoms with E-state index in [1.165, 1.54) is 0 Å². The molecule has 2 heterocycles. The van der Waals surface area contributed by atoms with Crippen LogP contribution in [-0.4, -0.2) is 26.0 Å². The van der Waals surface area contributed by atoms with E-state index in [-0.39, 0.29) is 11.6 Å². The summed E-state index contributed by atoms with van der Waals surface area (Å²) in [6.07, 6.45) is 5.31. The summed E-state index contributed by atoms with van der Waals surface area (Å²) in [6.45, 7) is 0. The van der Waals surface area contributed by atoms with Gasteiger partial charge in [0.2, 0.25) is 5.95 Å². The number of aromatic carboxylic acids is 1. The zero-order chi connectivity index (χ0) is 17.9. The largest absolute Gasteiger partial charge is 0.478 e. The van der Waals surface area contributed by atoms with Crippen LogP contribution in [0, 0.1) is 0 Å². The van der Waals surface area contributed by atoms with Gasteiger partial charge in [0.05, 0.1) is 11.6 Å². The molecule has 3 N–H and O–H groups in total. The first-order chi connectivity index (χ1) is 12.7. The van der Waals surface area contributed by atoms with Gasteiger partial charge in [-0.2, -0.15) is 0 Å². The zero-order valence-electron chi connectivity index (χ0n) is 13.8. The first kappa shape index (κ1) is 15.8. The van der Waals surface area contributed by atoms with Gasteiger partial charge in [0.15, 0.2) is 0 Å². The Labute approximate surface area is 149 Å². The third-order valence-electron chi connectivity index (χ3n) is 4.26. The molecule has 0 fully saturated rings. The lowest BCUT2D eigenvalue weighted by Gasteiger charge is -2.19. The molecule has 0 aliphatic carbocycles. The number of H-pyrrole nitrogens is 1. The SMILES string of the molecule is O=C(O)c1ccc(C(Nc2ncccn2)c2c[nH]c3ccccc23)cc1. The van der Waals surface area contributed by atoms with Gasteiger partial charge in [0.1, 0.15) is 0 Å². The van der Waals surface area contributed by atoms with Crippen LogP contribution in [0.15, 0.2) is 73.2 Å². The number of hydrogen-bond donors (Lipinski definition) is 3. The molecule has 0 radical (unpaired) electrons. The maximum absolute atomic E-state index is 11.1. The van der Waals surface area contributed by atoms with E-state index in [1.807, 2.05) is 42.6 Å². The Kier molecular flexibility index (Phi) is 4.07. The van der Waals surface area contributed by atoms with Crippen molar-refractivity contribution >= 4 is 22.8 Å². The summed E-state index contributed by atoms with van der Waals surface area (Å²) in [5, 5.41) is 13.6. The molecular weight excluding hydrogens is 328 g/mol. The molecule has 2 aromatic carbocycles. The number of aromatic amines is 1. The van der Waals surface area contributed by atoms with Gasteiger partial charge in [-0.05, 0) is 29.8 Å². The second-order valence-corrected chi connectivity index (χ2v) is 5.87. The van der Waals surface area contributed by atoms with Crippen molar-refractivity contribution in [1.29, 1.82) is 0 Å². The lowest BCUT2D eigenvalue weighted by molar-refractivity contribution is 0.0697. The van der Waals surface area contributed by atoms with Crippen molar-refractivity contribution in [1.82, 2.24) is 15.0 Å². The predicted octanol–water partition coefficient (Wildman–Crippen LogP) is 3.86. The summed E-state index contributed by atoms with van der Waals surface area (Å²) < 4.78 is 0. The molecule has 2 aromatic heterocycles. The highest BCUT2D eigenvalue weighted by molar-refractivity contribution is 5.88. The Bertz CT molecular complexity index is 1040. The number of aromatic nitrogens is 3. The summed E-state index contributed by atoms with van der Waals surface area (Å²) in [4.78, 5) is 22.9. The van der Waals surface area contributed by atoms with Gasteiger partial charge in [-0.25, -0.2) is 14.8 Å². The van der Waals surface area contributed by atoms with E-state index in [2.05, 4.69) is 20.3 Å². The fourth-order valence-corrected chi connectivity index (χ4v) is 2.99. The molecule has 0 spiro atoms. The van der Waals surface area contributed by atoms with Crippen LogP contribution in [0.25, 0.3) is 10.9 Å². The van der Waals surface area contributed by atoms with Crippen molar-refractivity contribution in [3.8, 4) is 0 Å². The number of hydrogen-bond acceptors (Lipinski definition) is 4. The third-order valence-corrected chi connectivity index (χ3v) is 4.26. The maximum Gasteiger partial charge on any atom is 0.335 e. The fraction of sp³-hybridized carbons (Fsp3) is 0.0500. The van der Waals surface area contributed by atoms with Crippen molar-refractivity contribution in [3.05, 3.63) is 89.9 Å². The molecule has 1 atom stereocenters. The number of benzene rings is 2. The van der Waals surface area contributed by atoms with Gasteiger partial charge in [-0.15, -0.1) is 0 Å². The number of fused-ring (bicyclic) bond motifs is 1. The molecule has 0 saturated carbocycles. The van der Waals surface area contributed by atoms with Gasteiger partial charge in [-0.3, -0.25) is 0 Å². The van der Waals surface area contributed by atoms with Crippen LogP contribution in [0.4, 0.5) is 5.95 Å². The van der Waals surface area contributed by atoms with E-state index in [0.717, 1.165) is 22.0 Å². The number of nitrogens with zero attached hydrogens (tertiary/aromatic N) is 2. The van der Waals surface area contributed by atoms with Gasteiger partial charge in [-0.1, -0.05) is 30.3 Å². The van der Waals surface area contributed by atoms with Crippen LogP contribution in [-0.2, 0) is 0 Å². The molecular formula is C20H16N4O2. The highest BCUT2D eigenvalue weighted by atomic mass is 16.4.